The molecule has 0 spiro atoms. The molecule has 0 N–H and O–H groups in total. The number of pyridine rings is 1. The molecule has 15 heavy (non-hydrogen) atoms. The van der Waals surface area contributed by atoms with Crippen LogP contribution in [-0.2, 0) is 0 Å². The fourth-order valence-corrected chi connectivity index (χ4v) is 0.497. The molecule has 0 bridgehead atoms. The van der Waals surface area contributed by atoms with Crippen LogP contribution in [0.2, 0.25) is 0 Å². The second kappa shape index (κ2) is 23.1. The van der Waals surface area contributed by atoms with Gasteiger partial charge in [0.25, 0.3) is 0 Å². The van der Waals surface area contributed by atoms with Crippen molar-refractivity contribution in [2.75, 3.05) is 0 Å². The first-order valence-corrected chi connectivity index (χ1v) is 5.87. The Morgan fingerprint density at radius 1 is 1.20 bits per heavy atom. The Hall–Kier alpha value is -1.11. The third kappa shape index (κ3) is 19.3. The first-order chi connectivity index (χ1) is 7.35. The van der Waals surface area contributed by atoms with Gasteiger partial charge in [-0.1, -0.05) is 66.7 Å². The molecule has 1 aromatic heterocycles. The first-order valence-electron chi connectivity index (χ1n) is 5.87. The predicted molar refractivity (Wildman–Crippen MR) is 73.0 cm³/mol. The highest BCUT2D eigenvalue weighted by molar-refractivity contribution is 5.44. The fraction of sp³-hybridized carbons (Fsp3) is 0.500. The molecule has 1 aromatic rings. The zero-order valence-electron chi connectivity index (χ0n) is 11.2. The topological polar surface area (TPSA) is 12.9 Å². The highest BCUT2D eigenvalue weighted by Gasteiger charge is 1.77. The maximum Gasteiger partial charge on any atom is 0.0340 e. The van der Waals surface area contributed by atoms with Gasteiger partial charge < -0.3 is 0 Å². The van der Waals surface area contributed by atoms with Gasteiger partial charge in [0, 0.05) is 12.4 Å². The normalized spacial score (nSPS) is 6.53. The number of aromatic nitrogens is 1. The summed E-state index contributed by atoms with van der Waals surface area (Å²) in [6.07, 6.45) is 6.53. The molecule has 0 aromatic carbocycles. The Kier molecular flexibility index (Phi) is 29.9. The van der Waals surface area contributed by atoms with Crippen molar-refractivity contribution < 1.29 is 0 Å². The Morgan fingerprint density at radius 3 is 1.87 bits per heavy atom. The Balaban J connectivity index is -0.000000176. The van der Waals surface area contributed by atoms with Crippen molar-refractivity contribution in [3.05, 3.63) is 36.7 Å². The van der Waals surface area contributed by atoms with Crippen LogP contribution in [0.3, 0.4) is 0 Å². The Bertz CT molecular complexity index is 180. The molecule has 1 heteroatoms. The summed E-state index contributed by atoms with van der Waals surface area (Å²) in [7, 11) is 0. The molecule has 0 unspecified atom stereocenters. The summed E-state index contributed by atoms with van der Waals surface area (Å²) in [5, 5.41) is 0. The van der Waals surface area contributed by atoms with Gasteiger partial charge in [0.15, 0.2) is 0 Å². The molecule has 0 saturated heterocycles. The van der Waals surface area contributed by atoms with Crippen molar-refractivity contribution in [1.29, 1.82) is 0 Å². The Morgan fingerprint density at radius 2 is 1.67 bits per heavy atom. The molecule has 1 rings (SSSR count). The second-order valence-electron chi connectivity index (χ2n) is 2.20. The quantitative estimate of drug-likeness (QED) is 0.620. The minimum absolute atomic E-state index is 1.06. The van der Waals surface area contributed by atoms with Crippen LogP contribution in [-0.4, -0.2) is 4.98 Å². The molecule has 1 nitrogen and oxygen atoms in total. The van der Waals surface area contributed by atoms with Crippen molar-refractivity contribution in [2.24, 2.45) is 0 Å². The molecule has 0 aliphatic carbocycles. The van der Waals surface area contributed by atoms with Crippen molar-refractivity contribution in [2.45, 2.75) is 48.0 Å². The summed E-state index contributed by atoms with van der Waals surface area (Å²) in [5.41, 5.74) is 1.06. The third-order valence-corrected chi connectivity index (χ3v) is 0.920. The largest absolute Gasteiger partial charge is 0.264 e. The van der Waals surface area contributed by atoms with E-state index < -0.39 is 0 Å². The van der Waals surface area contributed by atoms with E-state index in [1.807, 2.05) is 39.8 Å². The highest BCUT2D eigenvalue weighted by Crippen LogP contribution is 1.94. The minimum atomic E-state index is 1.06. The van der Waals surface area contributed by atoms with Crippen molar-refractivity contribution in [3.8, 4) is 0 Å². The standard InChI is InChI=1S/C7H7N.C3H8.2C2H6/c1-2-7-4-3-5-8-6-7;1-3-2;2*1-2/h2-6H,1H2;3H2,1-2H3;2*1-2H3. The lowest BCUT2D eigenvalue weighted by Gasteiger charge is -1.84. The van der Waals surface area contributed by atoms with Crippen molar-refractivity contribution >= 4 is 6.08 Å². The average molecular weight is 209 g/mol. The minimum Gasteiger partial charge on any atom is -0.264 e. The number of hydrogen-bond donors (Lipinski definition) is 0. The molecule has 1 heterocycles. The molecular formula is C14H27N. The van der Waals surface area contributed by atoms with Crippen LogP contribution in [0.5, 0.6) is 0 Å². The maximum atomic E-state index is 3.88. The molecular weight excluding hydrogens is 182 g/mol. The lowest BCUT2D eigenvalue weighted by atomic mass is 10.3. The summed E-state index contributed by atoms with van der Waals surface area (Å²) in [5.74, 6) is 0. The van der Waals surface area contributed by atoms with E-state index in [1.165, 1.54) is 6.42 Å². The molecule has 0 saturated carbocycles. The summed E-state index contributed by atoms with van der Waals surface area (Å²) < 4.78 is 0. The third-order valence-electron chi connectivity index (χ3n) is 0.920. The lowest BCUT2D eigenvalue weighted by molar-refractivity contribution is 1.09. The summed E-state index contributed by atoms with van der Waals surface area (Å²) >= 11 is 0. The van der Waals surface area contributed by atoms with Gasteiger partial charge in [0.1, 0.15) is 0 Å². The van der Waals surface area contributed by atoms with Gasteiger partial charge >= 0.3 is 0 Å². The van der Waals surface area contributed by atoms with E-state index in [0.717, 1.165) is 5.56 Å². The molecule has 0 fully saturated rings. The van der Waals surface area contributed by atoms with Crippen molar-refractivity contribution in [3.63, 3.8) is 0 Å². The van der Waals surface area contributed by atoms with Gasteiger partial charge in [-0.2, -0.15) is 0 Å². The van der Waals surface area contributed by atoms with Crippen LogP contribution in [0.4, 0.5) is 0 Å². The number of nitrogens with zero attached hydrogens (tertiary/aromatic N) is 1. The maximum absolute atomic E-state index is 3.88. The zero-order chi connectivity index (χ0) is 12.5. The molecule has 88 valence electrons. The number of rotatable bonds is 1. The monoisotopic (exact) mass is 209 g/mol. The van der Waals surface area contributed by atoms with Gasteiger partial charge in [-0.25, -0.2) is 0 Å². The first kappa shape index (κ1) is 19.5. The smallest absolute Gasteiger partial charge is 0.0340 e. The Labute approximate surface area is 96.3 Å². The van der Waals surface area contributed by atoms with E-state index in [9.17, 15) is 0 Å². The van der Waals surface area contributed by atoms with E-state index >= 15 is 0 Å². The fourth-order valence-electron chi connectivity index (χ4n) is 0.497. The number of hydrogen-bond acceptors (Lipinski definition) is 1. The summed E-state index contributed by atoms with van der Waals surface area (Å²) in [6, 6.07) is 3.84. The molecule has 0 aliphatic rings. The molecule has 0 atom stereocenters. The van der Waals surface area contributed by atoms with Crippen molar-refractivity contribution in [1.82, 2.24) is 4.98 Å². The van der Waals surface area contributed by atoms with Gasteiger partial charge in [0.05, 0.1) is 0 Å². The van der Waals surface area contributed by atoms with E-state index in [0.29, 0.717) is 0 Å². The zero-order valence-corrected chi connectivity index (χ0v) is 11.2. The highest BCUT2D eigenvalue weighted by atomic mass is 14.6. The second-order valence-corrected chi connectivity index (χ2v) is 2.20. The van der Waals surface area contributed by atoms with E-state index in [2.05, 4.69) is 25.4 Å². The average Bonchev–Trinajstić information content (AvgIpc) is 2.36. The van der Waals surface area contributed by atoms with Gasteiger partial charge in [0.2, 0.25) is 0 Å². The van der Waals surface area contributed by atoms with E-state index in [1.54, 1.807) is 18.5 Å². The van der Waals surface area contributed by atoms with E-state index in [4.69, 9.17) is 0 Å². The van der Waals surface area contributed by atoms with Crippen LogP contribution in [0.25, 0.3) is 6.08 Å². The van der Waals surface area contributed by atoms with Crippen LogP contribution in [0, 0.1) is 0 Å². The van der Waals surface area contributed by atoms with Gasteiger partial charge in [-0.05, 0) is 11.6 Å². The summed E-state index contributed by atoms with van der Waals surface area (Å²) in [4.78, 5) is 3.88. The van der Waals surface area contributed by atoms with Gasteiger partial charge in [-0.3, -0.25) is 4.98 Å². The van der Waals surface area contributed by atoms with Crippen LogP contribution >= 0.6 is 0 Å². The lowest BCUT2D eigenvalue weighted by Crippen LogP contribution is -1.70. The van der Waals surface area contributed by atoms with Crippen LogP contribution in [0.1, 0.15) is 53.5 Å². The van der Waals surface area contributed by atoms with Crippen LogP contribution in [0.15, 0.2) is 31.1 Å². The predicted octanol–water partition coefficient (Wildman–Crippen LogP) is 5.19. The van der Waals surface area contributed by atoms with Crippen LogP contribution < -0.4 is 0 Å². The molecule has 0 amide bonds. The van der Waals surface area contributed by atoms with Gasteiger partial charge in [-0.15, -0.1) is 0 Å². The van der Waals surface area contributed by atoms with E-state index in [-0.39, 0.29) is 0 Å². The molecule has 0 radical (unpaired) electrons. The molecule has 0 aliphatic heterocycles. The summed E-state index contributed by atoms with van der Waals surface area (Å²) in [6.45, 7) is 15.8. The SMILES string of the molecule is C=Cc1cccnc1.CC.CC.CCC.